The van der Waals surface area contributed by atoms with E-state index in [0.717, 1.165) is 24.8 Å². The minimum Gasteiger partial charge on any atom is -0.393 e. The van der Waals surface area contributed by atoms with E-state index in [-0.39, 0.29) is 17.9 Å². The van der Waals surface area contributed by atoms with Crippen molar-refractivity contribution in [3.63, 3.8) is 0 Å². The fourth-order valence-corrected chi connectivity index (χ4v) is 3.28. The van der Waals surface area contributed by atoms with Crippen molar-refractivity contribution in [2.24, 2.45) is 5.92 Å². The highest BCUT2D eigenvalue weighted by Crippen LogP contribution is 2.28. The number of aromatic amines is 1. The summed E-state index contributed by atoms with van der Waals surface area (Å²) in [6.45, 7) is 0.561. The molecule has 1 fully saturated rings. The lowest BCUT2D eigenvalue weighted by atomic mass is 10.0. The third-order valence-electron chi connectivity index (χ3n) is 4.48. The zero-order valence-corrected chi connectivity index (χ0v) is 13.8. The smallest absolute Gasteiger partial charge is 0.257 e. The molecule has 1 amide bonds. The summed E-state index contributed by atoms with van der Waals surface area (Å²) in [6.07, 6.45) is 4.07. The Morgan fingerprint density at radius 2 is 2.13 bits per heavy atom. The van der Waals surface area contributed by atoms with Gasteiger partial charge in [0.1, 0.15) is 0 Å². The molecule has 0 radical (unpaired) electrons. The Balaban J connectivity index is 1.77. The number of halogens is 1. The molecule has 2 N–H and O–H groups in total. The number of carbonyl (C=O) groups excluding carboxylic acids is 1. The minimum atomic E-state index is -0.301. The van der Waals surface area contributed by atoms with Crippen LogP contribution in [0.4, 0.5) is 0 Å². The predicted molar refractivity (Wildman–Crippen MR) is 89.3 cm³/mol. The van der Waals surface area contributed by atoms with Crippen LogP contribution >= 0.6 is 11.6 Å². The number of amides is 1. The number of H-pyrrole nitrogens is 1. The van der Waals surface area contributed by atoms with Crippen LogP contribution in [0.3, 0.4) is 0 Å². The van der Waals surface area contributed by atoms with E-state index >= 15 is 0 Å². The summed E-state index contributed by atoms with van der Waals surface area (Å²) >= 11 is 5.91. The Bertz CT molecular complexity index is 683. The van der Waals surface area contributed by atoms with Crippen molar-refractivity contribution in [2.75, 3.05) is 13.6 Å². The van der Waals surface area contributed by atoms with Crippen LogP contribution in [0.15, 0.2) is 30.5 Å². The van der Waals surface area contributed by atoms with Gasteiger partial charge in [-0.1, -0.05) is 30.2 Å². The number of hydrogen-bond donors (Lipinski definition) is 2. The Morgan fingerprint density at radius 3 is 2.78 bits per heavy atom. The van der Waals surface area contributed by atoms with Crippen molar-refractivity contribution in [1.29, 1.82) is 0 Å². The van der Waals surface area contributed by atoms with Gasteiger partial charge in [0, 0.05) is 30.1 Å². The fourth-order valence-electron chi connectivity index (χ4n) is 3.16. The second-order valence-corrected chi connectivity index (χ2v) is 6.55. The summed E-state index contributed by atoms with van der Waals surface area (Å²) in [6, 6.07) is 7.27. The van der Waals surface area contributed by atoms with Gasteiger partial charge in [0.05, 0.1) is 23.6 Å². The summed E-state index contributed by atoms with van der Waals surface area (Å²) in [5, 5.41) is 17.5. The van der Waals surface area contributed by atoms with E-state index in [0.29, 0.717) is 22.8 Å². The molecule has 2 atom stereocenters. The van der Waals surface area contributed by atoms with Gasteiger partial charge in [-0.15, -0.1) is 0 Å². The van der Waals surface area contributed by atoms with Crippen molar-refractivity contribution in [3.05, 3.63) is 41.0 Å². The molecule has 122 valence electrons. The number of rotatable bonds is 4. The maximum atomic E-state index is 12.7. The van der Waals surface area contributed by atoms with Crippen LogP contribution in [0.1, 0.15) is 29.6 Å². The van der Waals surface area contributed by atoms with E-state index in [9.17, 15) is 9.90 Å². The van der Waals surface area contributed by atoms with Gasteiger partial charge in [-0.05, 0) is 25.0 Å². The molecule has 1 aromatic heterocycles. The van der Waals surface area contributed by atoms with E-state index in [4.69, 9.17) is 11.6 Å². The van der Waals surface area contributed by atoms with E-state index in [1.165, 1.54) is 0 Å². The van der Waals surface area contributed by atoms with E-state index in [1.807, 2.05) is 12.1 Å². The fraction of sp³-hybridized carbons (Fsp3) is 0.412. The molecule has 1 saturated carbocycles. The molecule has 0 aliphatic heterocycles. The molecule has 2 unspecified atom stereocenters. The number of hydrogen-bond acceptors (Lipinski definition) is 3. The number of benzene rings is 1. The lowest BCUT2D eigenvalue weighted by molar-refractivity contribution is 0.0694. The van der Waals surface area contributed by atoms with Crippen molar-refractivity contribution in [1.82, 2.24) is 15.1 Å². The third-order valence-corrected chi connectivity index (χ3v) is 4.73. The summed E-state index contributed by atoms with van der Waals surface area (Å²) in [5.41, 5.74) is 2.08. The van der Waals surface area contributed by atoms with Gasteiger partial charge in [-0.2, -0.15) is 5.10 Å². The minimum absolute atomic E-state index is 0.0946. The molecule has 0 bridgehead atoms. The molecule has 0 spiro atoms. The normalized spacial score (nSPS) is 20.7. The van der Waals surface area contributed by atoms with E-state index in [2.05, 4.69) is 10.2 Å². The highest BCUT2D eigenvalue weighted by atomic mass is 35.5. The molecule has 2 aromatic rings. The van der Waals surface area contributed by atoms with Gasteiger partial charge >= 0.3 is 0 Å². The van der Waals surface area contributed by atoms with Crippen molar-refractivity contribution >= 4 is 17.5 Å². The molecular formula is C17H20ClN3O2. The summed E-state index contributed by atoms with van der Waals surface area (Å²) in [5.74, 6) is 0.0673. The Morgan fingerprint density at radius 1 is 1.39 bits per heavy atom. The predicted octanol–water partition coefficient (Wildman–Crippen LogP) is 2.96. The summed E-state index contributed by atoms with van der Waals surface area (Å²) in [7, 11) is 1.77. The molecule has 3 rings (SSSR count). The Labute approximate surface area is 140 Å². The molecule has 1 aliphatic carbocycles. The third kappa shape index (κ3) is 3.41. The second kappa shape index (κ2) is 6.72. The summed E-state index contributed by atoms with van der Waals surface area (Å²) in [4.78, 5) is 14.4. The standard InChI is InChI=1S/C17H20ClN3O2/c1-21(10-12-3-2-4-15(12)22)17(23)14-9-19-20-16(14)11-5-7-13(18)8-6-11/h5-9,12,15,22H,2-4,10H2,1H3,(H,19,20). The van der Waals surface area contributed by atoms with Gasteiger partial charge in [-0.3, -0.25) is 9.89 Å². The van der Waals surface area contributed by atoms with Crippen LogP contribution in [0, 0.1) is 5.92 Å². The van der Waals surface area contributed by atoms with Gasteiger partial charge in [0.25, 0.3) is 5.91 Å². The number of aliphatic hydroxyl groups excluding tert-OH is 1. The number of aliphatic hydroxyl groups is 1. The molecule has 1 heterocycles. The topological polar surface area (TPSA) is 69.2 Å². The highest BCUT2D eigenvalue weighted by Gasteiger charge is 2.28. The zero-order valence-electron chi connectivity index (χ0n) is 13.0. The van der Waals surface area contributed by atoms with Crippen LogP contribution in [0.5, 0.6) is 0 Å². The van der Waals surface area contributed by atoms with Crippen molar-refractivity contribution in [3.8, 4) is 11.3 Å². The van der Waals surface area contributed by atoms with Gasteiger partial charge in [-0.25, -0.2) is 0 Å². The number of nitrogens with zero attached hydrogens (tertiary/aromatic N) is 2. The van der Waals surface area contributed by atoms with Crippen LogP contribution in [-0.4, -0.2) is 45.8 Å². The Hall–Kier alpha value is -1.85. The van der Waals surface area contributed by atoms with Crippen molar-refractivity contribution < 1.29 is 9.90 Å². The van der Waals surface area contributed by atoms with Gasteiger partial charge in [0.2, 0.25) is 0 Å². The first-order chi connectivity index (χ1) is 11.1. The summed E-state index contributed by atoms with van der Waals surface area (Å²) < 4.78 is 0. The molecule has 0 saturated heterocycles. The first-order valence-corrected chi connectivity index (χ1v) is 8.17. The lowest BCUT2D eigenvalue weighted by Gasteiger charge is -2.23. The molecule has 5 nitrogen and oxygen atoms in total. The van der Waals surface area contributed by atoms with E-state index in [1.54, 1.807) is 30.3 Å². The first kappa shape index (κ1) is 16.0. The molecule has 6 heteroatoms. The van der Waals surface area contributed by atoms with Crippen LogP contribution < -0.4 is 0 Å². The lowest BCUT2D eigenvalue weighted by Crippen LogP contribution is -2.34. The largest absolute Gasteiger partial charge is 0.393 e. The molecular weight excluding hydrogens is 314 g/mol. The zero-order chi connectivity index (χ0) is 16.4. The quantitative estimate of drug-likeness (QED) is 0.903. The van der Waals surface area contributed by atoms with Gasteiger partial charge in [0.15, 0.2) is 0 Å². The monoisotopic (exact) mass is 333 g/mol. The SMILES string of the molecule is CN(CC1CCCC1O)C(=O)c1cn[nH]c1-c1ccc(Cl)cc1. The first-order valence-electron chi connectivity index (χ1n) is 7.79. The Kier molecular flexibility index (Phi) is 4.68. The molecule has 1 aliphatic rings. The van der Waals surface area contributed by atoms with Crippen LogP contribution in [0.2, 0.25) is 5.02 Å². The molecule has 23 heavy (non-hydrogen) atoms. The van der Waals surface area contributed by atoms with Crippen molar-refractivity contribution in [2.45, 2.75) is 25.4 Å². The maximum absolute atomic E-state index is 12.7. The second-order valence-electron chi connectivity index (χ2n) is 6.11. The number of carbonyl (C=O) groups is 1. The number of aromatic nitrogens is 2. The van der Waals surface area contributed by atoms with Crippen LogP contribution in [-0.2, 0) is 0 Å². The highest BCUT2D eigenvalue weighted by molar-refractivity contribution is 6.30. The van der Waals surface area contributed by atoms with Gasteiger partial charge < -0.3 is 10.0 Å². The average molecular weight is 334 g/mol. The van der Waals surface area contributed by atoms with E-state index < -0.39 is 0 Å². The number of nitrogens with one attached hydrogen (secondary N) is 1. The average Bonchev–Trinajstić information content (AvgIpc) is 3.17. The molecule has 1 aromatic carbocycles. The van der Waals surface area contributed by atoms with Crippen LogP contribution in [0.25, 0.3) is 11.3 Å². The maximum Gasteiger partial charge on any atom is 0.257 e.